The van der Waals surface area contributed by atoms with Crippen molar-refractivity contribution in [1.29, 1.82) is 0 Å². The highest BCUT2D eigenvalue weighted by molar-refractivity contribution is 7.14. The highest BCUT2D eigenvalue weighted by Crippen LogP contribution is 2.26. The molecule has 0 bridgehead atoms. The maximum absolute atomic E-state index is 13.0. The molecule has 0 saturated heterocycles. The van der Waals surface area contributed by atoms with Crippen molar-refractivity contribution < 1.29 is 9.59 Å². The molecule has 0 radical (unpaired) electrons. The van der Waals surface area contributed by atoms with Crippen LogP contribution in [0.2, 0.25) is 0 Å². The second kappa shape index (κ2) is 9.14. The van der Waals surface area contributed by atoms with Gasteiger partial charge in [-0.2, -0.15) is 0 Å². The third-order valence-electron chi connectivity index (χ3n) is 5.19. The van der Waals surface area contributed by atoms with E-state index >= 15 is 0 Å². The molecule has 4 rings (SSSR count). The quantitative estimate of drug-likeness (QED) is 0.401. The molecule has 4 aromatic rings. The summed E-state index contributed by atoms with van der Waals surface area (Å²) in [6.07, 6.45) is 3.25. The maximum atomic E-state index is 13.0. The Morgan fingerprint density at radius 2 is 1.90 bits per heavy atom. The predicted octanol–water partition coefficient (Wildman–Crippen LogP) is 4.54. The first-order valence-electron chi connectivity index (χ1n) is 10.2. The Hall–Kier alpha value is -3.45. The molecule has 2 amide bonds. The van der Waals surface area contributed by atoms with Crippen LogP contribution in [-0.4, -0.2) is 27.8 Å². The molecular weight excluding hydrogens is 408 g/mol. The molecule has 1 atom stereocenters. The number of aryl methyl sites for hydroxylation is 1. The summed E-state index contributed by atoms with van der Waals surface area (Å²) in [6.45, 7) is 3.53. The summed E-state index contributed by atoms with van der Waals surface area (Å²) >= 11 is 1.37. The molecule has 31 heavy (non-hydrogen) atoms. The molecule has 2 aromatic heterocycles. The zero-order valence-corrected chi connectivity index (χ0v) is 18.3. The fourth-order valence-electron chi connectivity index (χ4n) is 3.54. The van der Waals surface area contributed by atoms with Gasteiger partial charge in [0.15, 0.2) is 5.13 Å². The molecule has 0 unspecified atom stereocenters. The summed E-state index contributed by atoms with van der Waals surface area (Å²) in [5.74, 6) is -0.543. The predicted molar refractivity (Wildman–Crippen MR) is 125 cm³/mol. The van der Waals surface area contributed by atoms with Crippen LogP contribution in [0.5, 0.6) is 0 Å². The minimum atomic E-state index is -0.701. The Bertz CT molecular complexity index is 1210. The Kier molecular flexibility index (Phi) is 6.13. The van der Waals surface area contributed by atoms with Crippen molar-refractivity contribution in [3.8, 4) is 11.3 Å². The van der Waals surface area contributed by atoms with Gasteiger partial charge in [0.25, 0.3) is 0 Å². The summed E-state index contributed by atoms with van der Waals surface area (Å²) in [4.78, 5) is 32.5. The number of rotatable bonds is 7. The first kappa shape index (κ1) is 20.8. The molecule has 6 nitrogen and oxygen atoms in total. The zero-order chi connectivity index (χ0) is 21.8. The van der Waals surface area contributed by atoms with Gasteiger partial charge in [0.05, 0.1) is 5.69 Å². The average Bonchev–Trinajstić information content (AvgIpc) is 3.40. The van der Waals surface area contributed by atoms with Crippen molar-refractivity contribution in [2.75, 3.05) is 5.32 Å². The van der Waals surface area contributed by atoms with Crippen LogP contribution in [0, 0.1) is 0 Å². The number of carbonyl (C=O) groups is 2. The fraction of sp³-hybridized carbons (Fsp3) is 0.208. The summed E-state index contributed by atoms with van der Waals surface area (Å²) in [5, 5.41) is 9.10. The van der Waals surface area contributed by atoms with E-state index in [9.17, 15) is 9.59 Å². The summed E-state index contributed by atoms with van der Waals surface area (Å²) in [5.41, 5.74) is 5.06. The largest absolute Gasteiger partial charge is 0.361 e. The Labute approximate surface area is 184 Å². The molecule has 2 heterocycles. The smallest absolute Gasteiger partial charge is 0.249 e. The summed E-state index contributed by atoms with van der Waals surface area (Å²) < 4.78 is 0. The number of aromatic nitrogens is 2. The van der Waals surface area contributed by atoms with E-state index in [1.165, 1.54) is 23.8 Å². The number of benzene rings is 2. The molecule has 0 saturated carbocycles. The second-order valence-corrected chi connectivity index (χ2v) is 8.25. The van der Waals surface area contributed by atoms with E-state index in [0.29, 0.717) is 11.6 Å². The minimum Gasteiger partial charge on any atom is -0.361 e. The van der Waals surface area contributed by atoms with Crippen LogP contribution < -0.4 is 10.6 Å². The Balaban J connectivity index is 1.50. The number of thiazole rings is 1. The lowest BCUT2D eigenvalue weighted by Crippen LogP contribution is -2.44. The lowest BCUT2D eigenvalue weighted by Gasteiger charge is -2.16. The molecule has 0 aliphatic carbocycles. The number of carbonyl (C=O) groups excluding carboxylic acids is 2. The SMILES string of the molecule is CCc1ccc(-c2csc(NC(=O)[C@H](Cc3c[nH]c4ccccc34)NC(C)=O)n2)cc1. The van der Waals surface area contributed by atoms with Crippen LogP contribution in [0.1, 0.15) is 25.0 Å². The highest BCUT2D eigenvalue weighted by atomic mass is 32.1. The highest BCUT2D eigenvalue weighted by Gasteiger charge is 2.22. The third kappa shape index (κ3) is 4.83. The lowest BCUT2D eigenvalue weighted by molar-refractivity contribution is -0.125. The van der Waals surface area contributed by atoms with E-state index in [1.54, 1.807) is 0 Å². The van der Waals surface area contributed by atoms with Crippen molar-refractivity contribution in [3.05, 3.63) is 71.2 Å². The zero-order valence-electron chi connectivity index (χ0n) is 17.4. The standard InChI is InChI=1S/C24H24N4O2S/c1-3-16-8-10-17(11-9-16)22-14-31-24(27-22)28-23(30)21(26-15(2)29)12-18-13-25-20-7-5-4-6-19(18)20/h4-11,13-14,21,25H,3,12H2,1-2H3,(H,26,29)(H,27,28,30)/t21-/m0/s1. The normalized spacial score (nSPS) is 11.9. The number of nitrogens with zero attached hydrogens (tertiary/aromatic N) is 1. The van der Waals surface area contributed by atoms with E-state index in [4.69, 9.17) is 0 Å². The van der Waals surface area contributed by atoms with E-state index in [1.807, 2.05) is 48.0 Å². The molecule has 0 aliphatic rings. The van der Waals surface area contributed by atoms with Crippen LogP contribution >= 0.6 is 11.3 Å². The summed E-state index contributed by atoms with van der Waals surface area (Å²) in [7, 11) is 0. The number of nitrogens with one attached hydrogen (secondary N) is 3. The molecular formula is C24H24N4O2S. The molecule has 7 heteroatoms. The first-order chi connectivity index (χ1) is 15.0. The van der Waals surface area contributed by atoms with Gasteiger partial charge in [0, 0.05) is 41.4 Å². The lowest BCUT2D eigenvalue weighted by atomic mass is 10.0. The van der Waals surface area contributed by atoms with Crippen molar-refractivity contribution in [2.24, 2.45) is 0 Å². The topological polar surface area (TPSA) is 86.9 Å². The Morgan fingerprint density at radius 3 is 2.65 bits per heavy atom. The van der Waals surface area contributed by atoms with Gasteiger partial charge in [0.1, 0.15) is 6.04 Å². The number of hydrogen-bond acceptors (Lipinski definition) is 4. The van der Waals surface area contributed by atoms with Crippen LogP contribution in [0.4, 0.5) is 5.13 Å². The number of amides is 2. The minimum absolute atomic E-state index is 0.254. The van der Waals surface area contributed by atoms with E-state index < -0.39 is 6.04 Å². The van der Waals surface area contributed by atoms with Gasteiger partial charge < -0.3 is 15.6 Å². The number of para-hydroxylation sites is 1. The van der Waals surface area contributed by atoms with E-state index in [0.717, 1.165) is 34.1 Å². The second-order valence-electron chi connectivity index (χ2n) is 7.39. The number of hydrogen-bond donors (Lipinski definition) is 3. The van der Waals surface area contributed by atoms with Gasteiger partial charge in [-0.1, -0.05) is 49.4 Å². The number of H-pyrrole nitrogens is 1. The van der Waals surface area contributed by atoms with Gasteiger partial charge >= 0.3 is 0 Å². The fourth-order valence-corrected chi connectivity index (χ4v) is 4.27. The van der Waals surface area contributed by atoms with Gasteiger partial charge in [-0.05, 0) is 23.6 Å². The maximum Gasteiger partial charge on any atom is 0.249 e. The van der Waals surface area contributed by atoms with Crippen molar-refractivity contribution in [3.63, 3.8) is 0 Å². The molecule has 3 N–H and O–H groups in total. The van der Waals surface area contributed by atoms with Crippen molar-refractivity contribution >= 4 is 39.2 Å². The molecule has 0 spiro atoms. The van der Waals surface area contributed by atoms with Crippen molar-refractivity contribution in [1.82, 2.24) is 15.3 Å². The van der Waals surface area contributed by atoms with Gasteiger partial charge in [-0.15, -0.1) is 11.3 Å². The van der Waals surface area contributed by atoms with Gasteiger partial charge in [0.2, 0.25) is 11.8 Å². The molecule has 0 fully saturated rings. The number of fused-ring (bicyclic) bond motifs is 1. The van der Waals surface area contributed by atoms with Crippen LogP contribution in [0.15, 0.2) is 60.1 Å². The monoisotopic (exact) mass is 432 g/mol. The third-order valence-corrected chi connectivity index (χ3v) is 5.94. The Morgan fingerprint density at radius 1 is 1.13 bits per heavy atom. The molecule has 0 aliphatic heterocycles. The number of aromatic amines is 1. The molecule has 2 aromatic carbocycles. The molecule has 158 valence electrons. The van der Waals surface area contributed by atoms with E-state index in [2.05, 4.69) is 39.7 Å². The number of anilines is 1. The van der Waals surface area contributed by atoms with Gasteiger partial charge in [-0.25, -0.2) is 4.98 Å². The van der Waals surface area contributed by atoms with E-state index in [-0.39, 0.29) is 11.8 Å². The van der Waals surface area contributed by atoms with Crippen LogP contribution in [0.3, 0.4) is 0 Å². The average molecular weight is 433 g/mol. The van der Waals surface area contributed by atoms with Gasteiger partial charge in [-0.3, -0.25) is 9.59 Å². The van der Waals surface area contributed by atoms with Crippen LogP contribution in [-0.2, 0) is 22.4 Å². The summed E-state index contributed by atoms with van der Waals surface area (Å²) in [6, 6.07) is 15.4. The first-order valence-corrected chi connectivity index (χ1v) is 11.1. The van der Waals surface area contributed by atoms with Crippen molar-refractivity contribution in [2.45, 2.75) is 32.7 Å². The van der Waals surface area contributed by atoms with Crippen LogP contribution in [0.25, 0.3) is 22.2 Å².